The Bertz CT molecular complexity index is 924. The lowest BCUT2D eigenvalue weighted by Gasteiger charge is -2.44. The Balaban J connectivity index is 1.94. The first-order valence-electron chi connectivity index (χ1n) is 8.87. The molecule has 24 heavy (non-hydrogen) atoms. The van der Waals surface area contributed by atoms with E-state index in [9.17, 15) is 0 Å². The summed E-state index contributed by atoms with van der Waals surface area (Å²) in [6, 6.07) is 18.7. The van der Waals surface area contributed by atoms with Crippen molar-refractivity contribution in [1.29, 1.82) is 0 Å². The van der Waals surface area contributed by atoms with E-state index in [0.717, 1.165) is 0 Å². The fraction of sp³-hybridized carbons (Fsp3) is 0.250. The molecule has 0 saturated carbocycles. The number of hydrogen-bond donors (Lipinski definition) is 0. The summed E-state index contributed by atoms with van der Waals surface area (Å²) in [6.45, 7) is 8.98. The molecule has 3 aliphatic rings. The summed E-state index contributed by atoms with van der Waals surface area (Å²) in [5.74, 6) is 0.797. The first-order chi connectivity index (χ1) is 11.6. The van der Waals surface area contributed by atoms with Crippen LogP contribution in [0.2, 0.25) is 0 Å². The summed E-state index contributed by atoms with van der Waals surface area (Å²) in [7, 11) is 0. The molecular weight excluding hydrogens is 288 g/mol. The zero-order valence-corrected chi connectivity index (χ0v) is 14.8. The highest BCUT2D eigenvalue weighted by atomic mass is 14.4. The summed E-state index contributed by atoms with van der Waals surface area (Å²) >= 11 is 0. The third-order valence-electron chi connectivity index (χ3n) is 6.03. The van der Waals surface area contributed by atoms with E-state index in [0.29, 0.717) is 11.8 Å². The van der Waals surface area contributed by atoms with Crippen LogP contribution in [-0.4, -0.2) is 0 Å². The van der Waals surface area contributed by atoms with E-state index in [2.05, 4.69) is 76.2 Å². The van der Waals surface area contributed by atoms with Crippen molar-refractivity contribution in [2.75, 3.05) is 0 Å². The van der Waals surface area contributed by atoms with Gasteiger partial charge in [-0.1, -0.05) is 59.7 Å². The molecular formula is C24H22. The highest BCUT2D eigenvalue weighted by molar-refractivity contribution is 5.71. The summed E-state index contributed by atoms with van der Waals surface area (Å²) in [5.41, 5.74) is 14.8. The fourth-order valence-electron chi connectivity index (χ4n) is 4.99. The molecule has 2 bridgehead atoms. The number of aryl methyl sites for hydroxylation is 4. The first-order valence-corrected chi connectivity index (χ1v) is 8.87. The van der Waals surface area contributed by atoms with Gasteiger partial charge in [0.1, 0.15) is 0 Å². The van der Waals surface area contributed by atoms with Crippen LogP contribution in [0.5, 0.6) is 0 Å². The van der Waals surface area contributed by atoms with Gasteiger partial charge in [-0.3, -0.25) is 0 Å². The standard InChI is InChI=1S/C24H22/c1-13-5-9-17-19(11-13)23-18-10-6-14(2)12-20(18)24(17)22-16(4)8-7-15(3)21(22)23/h5-12,23-24H,1-4H3/t23-,24-/m1/s1. The maximum atomic E-state index is 2.42. The third-order valence-corrected chi connectivity index (χ3v) is 6.03. The second kappa shape index (κ2) is 4.60. The molecule has 0 aromatic heterocycles. The van der Waals surface area contributed by atoms with E-state index in [1.165, 1.54) is 44.5 Å². The zero-order valence-electron chi connectivity index (χ0n) is 14.8. The lowest BCUT2D eigenvalue weighted by molar-refractivity contribution is 0.740. The van der Waals surface area contributed by atoms with E-state index >= 15 is 0 Å². The van der Waals surface area contributed by atoms with Crippen LogP contribution in [0, 0.1) is 27.7 Å². The van der Waals surface area contributed by atoms with Crippen LogP contribution >= 0.6 is 0 Å². The van der Waals surface area contributed by atoms with Crippen molar-refractivity contribution in [3.8, 4) is 0 Å². The minimum atomic E-state index is 0.399. The third kappa shape index (κ3) is 1.64. The quantitative estimate of drug-likeness (QED) is 0.334. The number of benzene rings is 3. The van der Waals surface area contributed by atoms with Crippen LogP contribution in [0.25, 0.3) is 0 Å². The van der Waals surface area contributed by atoms with Crippen molar-refractivity contribution in [1.82, 2.24) is 0 Å². The minimum absolute atomic E-state index is 0.399. The molecule has 0 spiro atoms. The van der Waals surface area contributed by atoms with E-state index in [1.807, 2.05) is 0 Å². The molecule has 2 atom stereocenters. The Hall–Kier alpha value is -2.34. The Morgan fingerprint density at radius 2 is 0.917 bits per heavy atom. The molecule has 3 aliphatic carbocycles. The van der Waals surface area contributed by atoms with Crippen LogP contribution in [0.1, 0.15) is 67.5 Å². The second-order valence-corrected chi connectivity index (χ2v) is 7.66. The summed E-state index contributed by atoms with van der Waals surface area (Å²) in [4.78, 5) is 0. The molecule has 6 rings (SSSR count). The van der Waals surface area contributed by atoms with Crippen molar-refractivity contribution >= 4 is 0 Å². The lowest BCUT2D eigenvalue weighted by Crippen LogP contribution is -2.29. The maximum Gasteiger partial charge on any atom is 0.0352 e. The summed E-state index contributed by atoms with van der Waals surface area (Å²) in [5, 5.41) is 0. The monoisotopic (exact) mass is 310 g/mol. The van der Waals surface area contributed by atoms with Gasteiger partial charge in [0.25, 0.3) is 0 Å². The summed E-state index contributed by atoms with van der Waals surface area (Å²) in [6.07, 6.45) is 0. The lowest BCUT2D eigenvalue weighted by atomic mass is 9.59. The molecule has 0 saturated heterocycles. The molecule has 3 aromatic carbocycles. The number of hydrogen-bond acceptors (Lipinski definition) is 0. The largest absolute Gasteiger partial charge is 0.0590 e. The normalized spacial score (nSPS) is 19.7. The fourth-order valence-corrected chi connectivity index (χ4v) is 4.99. The van der Waals surface area contributed by atoms with Crippen molar-refractivity contribution in [2.24, 2.45) is 0 Å². The van der Waals surface area contributed by atoms with Crippen LogP contribution in [0.4, 0.5) is 0 Å². The molecule has 3 aromatic rings. The van der Waals surface area contributed by atoms with Crippen LogP contribution < -0.4 is 0 Å². The van der Waals surface area contributed by atoms with Gasteiger partial charge >= 0.3 is 0 Å². The van der Waals surface area contributed by atoms with Crippen molar-refractivity contribution in [3.63, 3.8) is 0 Å². The van der Waals surface area contributed by atoms with E-state index in [-0.39, 0.29) is 0 Å². The molecule has 0 heterocycles. The highest BCUT2D eigenvalue weighted by Crippen LogP contribution is 2.57. The first kappa shape index (κ1) is 14.0. The Labute approximate surface area is 144 Å². The van der Waals surface area contributed by atoms with E-state index < -0.39 is 0 Å². The van der Waals surface area contributed by atoms with Gasteiger partial charge < -0.3 is 0 Å². The van der Waals surface area contributed by atoms with Crippen molar-refractivity contribution < 1.29 is 0 Å². The van der Waals surface area contributed by atoms with Gasteiger partial charge in [-0.2, -0.15) is 0 Å². The molecule has 0 nitrogen and oxygen atoms in total. The molecule has 0 radical (unpaired) electrons. The zero-order chi connectivity index (χ0) is 16.6. The second-order valence-electron chi connectivity index (χ2n) is 7.66. The average Bonchev–Trinajstić information content (AvgIpc) is 2.57. The molecule has 0 aliphatic heterocycles. The van der Waals surface area contributed by atoms with Gasteiger partial charge in [0.15, 0.2) is 0 Å². The molecule has 0 amide bonds. The smallest absolute Gasteiger partial charge is 0.0352 e. The Kier molecular flexibility index (Phi) is 2.69. The molecule has 0 fully saturated rings. The van der Waals surface area contributed by atoms with Crippen molar-refractivity contribution in [2.45, 2.75) is 39.5 Å². The topological polar surface area (TPSA) is 0 Å². The van der Waals surface area contributed by atoms with Crippen LogP contribution in [0.3, 0.4) is 0 Å². The maximum absolute atomic E-state index is 2.42. The molecule has 0 unspecified atom stereocenters. The Morgan fingerprint density at radius 1 is 0.500 bits per heavy atom. The van der Waals surface area contributed by atoms with Gasteiger partial charge in [-0.25, -0.2) is 0 Å². The highest BCUT2D eigenvalue weighted by Gasteiger charge is 2.42. The molecule has 118 valence electrons. The predicted octanol–water partition coefficient (Wildman–Crippen LogP) is 5.91. The predicted molar refractivity (Wildman–Crippen MR) is 100 cm³/mol. The Morgan fingerprint density at radius 3 is 1.33 bits per heavy atom. The van der Waals surface area contributed by atoms with Gasteiger partial charge in [0.05, 0.1) is 0 Å². The average molecular weight is 310 g/mol. The molecule has 0 N–H and O–H groups in total. The molecule has 0 heteroatoms. The van der Waals surface area contributed by atoms with E-state index in [4.69, 9.17) is 0 Å². The van der Waals surface area contributed by atoms with Crippen LogP contribution in [0.15, 0.2) is 48.5 Å². The summed E-state index contributed by atoms with van der Waals surface area (Å²) < 4.78 is 0. The number of rotatable bonds is 0. The van der Waals surface area contributed by atoms with Gasteiger partial charge in [0.2, 0.25) is 0 Å². The van der Waals surface area contributed by atoms with Gasteiger partial charge in [-0.15, -0.1) is 0 Å². The van der Waals surface area contributed by atoms with Gasteiger partial charge in [0, 0.05) is 11.8 Å². The van der Waals surface area contributed by atoms with Gasteiger partial charge in [-0.05, 0) is 72.2 Å². The van der Waals surface area contributed by atoms with Crippen LogP contribution in [-0.2, 0) is 0 Å². The minimum Gasteiger partial charge on any atom is -0.0590 e. The SMILES string of the molecule is Cc1ccc2c(c1)[C@H]1c3ccc(C)cc3[C@@H]2c2c(C)ccc(C)c21. The van der Waals surface area contributed by atoms with Crippen molar-refractivity contribution in [3.05, 3.63) is 104 Å². The van der Waals surface area contributed by atoms with E-state index in [1.54, 1.807) is 11.1 Å².